The largest absolute Gasteiger partial charge is 0.480 e. The van der Waals surface area contributed by atoms with Gasteiger partial charge in [-0.25, -0.2) is 9.78 Å². The van der Waals surface area contributed by atoms with Crippen LogP contribution in [0.25, 0.3) is 10.6 Å². The normalized spacial score (nSPS) is 11.9. The summed E-state index contributed by atoms with van der Waals surface area (Å²) >= 11 is 1.24. The van der Waals surface area contributed by atoms with Crippen LogP contribution in [-0.4, -0.2) is 33.0 Å². The Balaban J connectivity index is 2.23. The van der Waals surface area contributed by atoms with Crippen LogP contribution in [0.4, 0.5) is 0 Å². The van der Waals surface area contributed by atoms with Crippen LogP contribution in [0, 0.1) is 6.92 Å². The highest BCUT2D eigenvalue weighted by molar-refractivity contribution is 7.17. The number of aliphatic carboxylic acids is 1. The number of thiazole rings is 1. The van der Waals surface area contributed by atoms with Crippen LogP contribution in [0.15, 0.2) is 24.5 Å². The molecule has 2 heterocycles. The fraction of sp³-hybridized carbons (Fsp3) is 0.286. The van der Waals surface area contributed by atoms with Crippen LogP contribution < -0.4 is 5.32 Å². The first kappa shape index (κ1) is 15.1. The van der Waals surface area contributed by atoms with E-state index in [0.717, 1.165) is 5.56 Å². The van der Waals surface area contributed by atoms with Crippen LogP contribution >= 0.6 is 11.3 Å². The van der Waals surface area contributed by atoms with Gasteiger partial charge in [-0.3, -0.25) is 9.78 Å². The Bertz CT molecular complexity index is 655. The van der Waals surface area contributed by atoms with E-state index in [1.165, 1.54) is 11.3 Å². The highest BCUT2D eigenvalue weighted by atomic mass is 32.1. The summed E-state index contributed by atoms with van der Waals surface area (Å²) in [5.74, 6) is -1.44. The molecule has 0 aliphatic rings. The fourth-order valence-corrected chi connectivity index (χ4v) is 2.76. The second kappa shape index (κ2) is 6.45. The van der Waals surface area contributed by atoms with E-state index in [1.807, 2.05) is 12.1 Å². The molecule has 0 aliphatic carbocycles. The second-order valence-electron chi connectivity index (χ2n) is 4.44. The molecule has 2 aromatic rings. The molecule has 1 unspecified atom stereocenters. The van der Waals surface area contributed by atoms with Gasteiger partial charge in [0.25, 0.3) is 5.91 Å². The number of pyridine rings is 1. The lowest BCUT2D eigenvalue weighted by Gasteiger charge is -2.11. The van der Waals surface area contributed by atoms with Gasteiger partial charge in [0.2, 0.25) is 0 Å². The molecule has 2 N–H and O–H groups in total. The van der Waals surface area contributed by atoms with E-state index in [1.54, 1.807) is 26.2 Å². The van der Waals surface area contributed by atoms with E-state index in [4.69, 9.17) is 5.11 Å². The molecule has 21 heavy (non-hydrogen) atoms. The minimum atomic E-state index is -1.04. The van der Waals surface area contributed by atoms with Gasteiger partial charge in [0, 0.05) is 18.0 Å². The molecular weight excluding hydrogens is 290 g/mol. The SMILES string of the molecule is CCC(NC(=O)c1sc(-c2ccncc2)nc1C)C(=O)O. The zero-order chi connectivity index (χ0) is 15.4. The molecule has 0 bridgehead atoms. The van der Waals surface area contributed by atoms with Crippen molar-refractivity contribution in [1.29, 1.82) is 0 Å². The van der Waals surface area contributed by atoms with Gasteiger partial charge in [0.1, 0.15) is 15.9 Å². The number of carbonyl (C=O) groups excluding carboxylic acids is 1. The molecule has 0 saturated carbocycles. The number of carbonyl (C=O) groups is 2. The van der Waals surface area contributed by atoms with Crippen LogP contribution in [-0.2, 0) is 4.79 Å². The van der Waals surface area contributed by atoms with Crippen molar-refractivity contribution in [3.05, 3.63) is 35.1 Å². The molecule has 2 rings (SSSR count). The summed E-state index contributed by atoms with van der Waals surface area (Å²) in [6.07, 6.45) is 3.64. The number of rotatable bonds is 5. The molecule has 1 amide bonds. The van der Waals surface area contributed by atoms with Crippen molar-refractivity contribution in [2.24, 2.45) is 0 Å². The van der Waals surface area contributed by atoms with Crippen LogP contribution in [0.3, 0.4) is 0 Å². The molecule has 0 fully saturated rings. The standard InChI is InChI=1S/C14H15N3O3S/c1-3-10(14(19)20)17-12(18)11-8(2)16-13(21-11)9-4-6-15-7-5-9/h4-7,10H,3H2,1-2H3,(H,17,18)(H,19,20). The molecule has 0 aromatic carbocycles. The summed E-state index contributed by atoms with van der Waals surface area (Å²) in [5, 5.41) is 12.2. The maximum Gasteiger partial charge on any atom is 0.326 e. The lowest BCUT2D eigenvalue weighted by Crippen LogP contribution is -2.40. The Morgan fingerprint density at radius 2 is 2.05 bits per heavy atom. The van der Waals surface area contributed by atoms with Crippen LogP contribution in [0.1, 0.15) is 28.7 Å². The summed E-state index contributed by atoms with van der Waals surface area (Å²) in [4.78, 5) is 31.9. The summed E-state index contributed by atoms with van der Waals surface area (Å²) in [6.45, 7) is 3.44. The van der Waals surface area contributed by atoms with Gasteiger partial charge in [-0.2, -0.15) is 0 Å². The number of nitrogens with one attached hydrogen (secondary N) is 1. The number of hydrogen-bond donors (Lipinski definition) is 2. The third-order valence-corrected chi connectivity index (χ3v) is 4.15. The Morgan fingerprint density at radius 1 is 1.38 bits per heavy atom. The number of nitrogens with zero attached hydrogens (tertiary/aromatic N) is 2. The van der Waals surface area contributed by atoms with Gasteiger partial charge >= 0.3 is 5.97 Å². The zero-order valence-electron chi connectivity index (χ0n) is 11.7. The van der Waals surface area contributed by atoms with Crippen LogP contribution in [0.2, 0.25) is 0 Å². The van der Waals surface area contributed by atoms with Crippen molar-refractivity contribution in [2.75, 3.05) is 0 Å². The first-order valence-corrected chi connectivity index (χ1v) is 7.26. The van der Waals surface area contributed by atoms with Gasteiger partial charge < -0.3 is 10.4 Å². The van der Waals surface area contributed by atoms with E-state index in [9.17, 15) is 9.59 Å². The Labute approximate surface area is 125 Å². The first-order chi connectivity index (χ1) is 10.0. The molecule has 0 saturated heterocycles. The number of carboxylic acid groups (broad SMARTS) is 1. The van der Waals surface area contributed by atoms with Crippen LogP contribution in [0.5, 0.6) is 0 Å². The van der Waals surface area contributed by atoms with Crippen molar-refractivity contribution < 1.29 is 14.7 Å². The molecular formula is C14H15N3O3S. The number of aromatic nitrogens is 2. The summed E-state index contributed by atoms with van der Waals surface area (Å²) in [5.41, 5.74) is 1.46. The quantitative estimate of drug-likeness (QED) is 0.882. The molecule has 6 nitrogen and oxygen atoms in total. The number of aryl methyl sites for hydroxylation is 1. The highest BCUT2D eigenvalue weighted by Crippen LogP contribution is 2.27. The third-order valence-electron chi connectivity index (χ3n) is 2.94. The van der Waals surface area contributed by atoms with Gasteiger partial charge in [-0.05, 0) is 25.5 Å². The van der Waals surface area contributed by atoms with Gasteiger partial charge in [0.15, 0.2) is 0 Å². The number of hydrogen-bond acceptors (Lipinski definition) is 5. The minimum absolute atomic E-state index is 0.330. The maximum atomic E-state index is 12.2. The van der Waals surface area contributed by atoms with Crippen molar-refractivity contribution in [1.82, 2.24) is 15.3 Å². The van der Waals surface area contributed by atoms with E-state index < -0.39 is 17.9 Å². The predicted octanol–water partition coefficient (Wildman–Crippen LogP) is 2.11. The second-order valence-corrected chi connectivity index (χ2v) is 5.44. The molecule has 2 aromatic heterocycles. The topological polar surface area (TPSA) is 92.2 Å². The van der Waals surface area contributed by atoms with E-state index in [2.05, 4.69) is 15.3 Å². The lowest BCUT2D eigenvalue weighted by atomic mass is 10.2. The summed E-state index contributed by atoms with van der Waals surface area (Å²) in [6, 6.07) is 2.74. The molecule has 110 valence electrons. The summed E-state index contributed by atoms with van der Waals surface area (Å²) < 4.78 is 0. The number of amides is 1. The molecule has 0 spiro atoms. The van der Waals surface area contributed by atoms with Crippen molar-refractivity contribution >= 4 is 23.2 Å². The molecule has 0 aliphatic heterocycles. The monoisotopic (exact) mass is 305 g/mol. The van der Waals surface area contributed by atoms with Gasteiger partial charge in [-0.1, -0.05) is 6.92 Å². The van der Waals surface area contributed by atoms with E-state index in [-0.39, 0.29) is 0 Å². The Hall–Kier alpha value is -2.28. The molecule has 7 heteroatoms. The van der Waals surface area contributed by atoms with E-state index >= 15 is 0 Å². The highest BCUT2D eigenvalue weighted by Gasteiger charge is 2.22. The van der Waals surface area contributed by atoms with Crippen molar-refractivity contribution in [2.45, 2.75) is 26.3 Å². The maximum absolute atomic E-state index is 12.2. The first-order valence-electron chi connectivity index (χ1n) is 6.44. The van der Waals surface area contributed by atoms with Gasteiger partial charge in [0.05, 0.1) is 5.69 Å². The van der Waals surface area contributed by atoms with E-state index in [0.29, 0.717) is 22.0 Å². The van der Waals surface area contributed by atoms with Gasteiger partial charge in [-0.15, -0.1) is 11.3 Å². The predicted molar refractivity (Wildman–Crippen MR) is 79.3 cm³/mol. The lowest BCUT2D eigenvalue weighted by molar-refractivity contribution is -0.139. The Morgan fingerprint density at radius 3 is 2.62 bits per heavy atom. The van der Waals surface area contributed by atoms with Crippen molar-refractivity contribution in [3.63, 3.8) is 0 Å². The molecule has 1 atom stereocenters. The Kier molecular flexibility index (Phi) is 4.64. The summed E-state index contributed by atoms with van der Waals surface area (Å²) in [7, 11) is 0. The zero-order valence-corrected chi connectivity index (χ0v) is 12.5. The smallest absolute Gasteiger partial charge is 0.326 e. The average Bonchev–Trinajstić information content (AvgIpc) is 2.87. The fourth-order valence-electron chi connectivity index (χ4n) is 1.79. The van der Waals surface area contributed by atoms with Crippen molar-refractivity contribution in [3.8, 4) is 10.6 Å². The average molecular weight is 305 g/mol. The third kappa shape index (κ3) is 3.43. The number of carboxylic acids is 1. The minimum Gasteiger partial charge on any atom is -0.480 e. The molecule has 0 radical (unpaired) electrons.